The van der Waals surface area contributed by atoms with Crippen LogP contribution in [0.5, 0.6) is 0 Å². The molecule has 0 saturated carbocycles. The molecule has 6 nitrogen and oxygen atoms in total. The first kappa shape index (κ1) is 14.8. The molecule has 0 aliphatic carbocycles. The second-order valence-corrected chi connectivity index (χ2v) is 4.52. The predicted octanol–water partition coefficient (Wildman–Crippen LogP) is -0.0572. The number of hydrogen-bond acceptors (Lipinski definition) is 5. The quantitative estimate of drug-likeness (QED) is 0.333. The molecule has 92 valence electrons. The first-order valence-electron chi connectivity index (χ1n) is 4.55. The molecule has 0 aromatic carbocycles. The normalized spacial score (nSPS) is 15.1. The Morgan fingerprint density at radius 3 is 2.69 bits per heavy atom. The van der Waals surface area contributed by atoms with Gasteiger partial charge in [-0.1, -0.05) is 6.08 Å². The zero-order valence-electron chi connectivity index (χ0n) is 9.00. The maximum Gasteiger partial charge on any atom is 0.267 e. The van der Waals surface area contributed by atoms with E-state index in [4.69, 9.17) is 4.55 Å². The van der Waals surface area contributed by atoms with Gasteiger partial charge in [-0.05, 0) is 19.7 Å². The Kier molecular flexibility index (Phi) is 6.63. The van der Waals surface area contributed by atoms with Crippen molar-refractivity contribution in [3.8, 4) is 0 Å². The summed E-state index contributed by atoms with van der Waals surface area (Å²) in [5, 5.41) is 12.1. The number of allylic oxidation sites excluding steroid dienone is 2. The molecule has 0 aliphatic rings. The van der Waals surface area contributed by atoms with E-state index in [0.29, 0.717) is 5.70 Å². The van der Waals surface area contributed by atoms with Crippen LogP contribution in [0, 0.1) is 0 Å². The molecule has 16 heavy (non-hydrogen) atoms. The van der Waals surface area contributed by atoms with E-state index < -0.39 is 22.0 Å². The fourth-order valence-electron chi connectivity index (χ4n) is 0.928. The maximum absolute atomic E-state index is 10.4. The average molecular weight is 248 g/mol. The number of rotatable bonds is 7. The van der Waals surface area contributed by atoms with Crippen LogP contribution in [-0.2, 0) is 10.1 Å². The van der Waals surface area contributed by atoms with Crippen molar-refractivity contribution in [2.45, 2.75) is 13.0 Å². The highest BCUT2D eigenvalue weighted by atomic mass is 32.2. The first-order valence-corrected chi connectivity index (χ1v) is 6.15. The number of nitrogens with zero attached hydrogens (tertiary/aromatic N) is 1. The molecule has 3 N–H and O–H groups in total. The molecule has 0 amide bonds. The molecule has 0 aromatic rings. The van der Waals surface area contributed by atoms with E-state index in [-0.39, 0.29) is 6.54 Å². The third kappa shape index (κ3) is 8.16. The fraction of sp³-hybridized carbons (Fsp3) is 0.444. The van der Waals surface area contributed by atoms with Crippen LogP contribution in [0.2, 0.25) is 0 Å². The third-order valence-electron chi connectivity index (χ3n) is 1.62. The molecule has 0 radical (unpaired) electrons. The lowest BCUT2D eigenvalue weighted by atomic mass is 10.3. The monoisotopic (exact) mass is 248 g/mol. The highest BCUT2D eigenvalue weighted by Crippen LogP contribution is 1.95. The molecule has 7 heteroatoms. The van der Waals surface area contributed by atoms with Crippen molar-refractivity contribution < 1.29 is 18.1 Å². The van der Waals surface area contributed by atoms with Crippen molar-refractivity contribution in [3.05, 3.63) is 24.0 Å². The standard InChI is InChI=1S/C9H16N2O4S/c1-3-8(4-5-10-2)11-6-9(12)7-16(13,14)15/h3-5,9,11-12H,2,6-7H2,1H3,(H,13,14,15)/b5-4-,8-3+. The second-order valence-electron chi connectivity index (χ2n) is 3.03. The lowest BCUT2D eigenvalue weighted by Crippen LogP contribution is -2.31. The van der Waals surface area contributed by atoms with Gasteiger partial charge in [0.05, 0.1) is 6.10 Å². The van der Waals surface area contributed by atoms with Gasteiger partial charge in [0.2, 0.25) is 0 Å². The summed E-state index contributed by atoms with van der Waals surface area (Å²) in [6.45, 7) is 5.04. The molecule has 0 aliphatic heterocycles. The van der Waals surface area contributed by atoms with Crippen molar-refractivity contribution in [1.29, 1.82) is 0 Å². The van der Waals surface area contributed by atoms with Gasteiger partial charge >= 0.3 is 0 Å². The zero-order valence-corrected chi connectivity index (χ0v) is 9.81. The Bertz CT molecular complexity index is 373. The van der Waals surface area contributed by atoms with Crippen molar-refractivity contribution in [3.63, 3.8) is 0 Å². The van der Waals surface area contributed by atoms with Gasteiger partial charge in [-0.25, -0.2) is 0 Å². The SMILES string of the molecule is C=N/C=C\C(=C/C)NCC(O)CS(=O)(=O)O. The van der Waals surface area contributed by atoms with Crippen molar-refractivity contribution in [2.75, 3.05) is 12.3 Å². The summed E-state index contributed by atoms with van der Waals surface area (Å²) in [5.41, 5.74) is 0.668. The Morgan fingerprint density at radius 2 is 2.25 bits per heavy atom. The average Bonchev–Trinajstić information content (AvgIpc) is 2.15. The van der Waals surface area contributed by atoms with E-state index in [0.717, 1.165) is 0 Å². The summed E-state index contributed by atoms with van der Waals surface area (Å²) in [5.74, 6) is -0.694. The van der Waals surface area contributed by atoms with Crippen LogP contribution in [0.25, 0.3) is 0 Å². The van der Waals surface area contributed by atoms with Gasteiger partial charge < -0.3 is 10.4 Å². The molecular weight excluding hydrogens is 232 g/mol. The lowest BCUT2D eigenvalue weighted by molar-refractivity contribution is 0.195. The minimum Gasteiger partial charge on any atom is -0.390 e. The van der Waals surface area contributed by atoms with Crippen LogP contribution in [-0.4, -0.2) is 43.2 Å². The predicted molar refractivity (Wildman–Crippen MR) is 62.9 cm³/mol. The lowest BCUT2D eigenvalue weighted by Gasteiger charge is -2.11. The summed E-state index contributed by atoms with van der Waals surface area (Å²) >= 11 is 0. The van der Waals surface area contributed by atoms with Crippen LogP contribution in [0.1, 0.15) is 6.92 Å². The summed E-state index contributed by atoms with van der Waals surface area (Å²) in [7, 11) is -4.15. The molecule has 0 heterocycles. The number of aliphatic imine (C=N–C) groups is 1. The molecule has 0 saturated heterocycles. The van der Waals surface area contributed by atoms with Gasteiger partial charge in [0.25, 0.3) is 10.1 Å². The van der Waals surface area contributed by atoms with E-state index in [1.807, 2.05) is 0 Å². The number of aliphatic hydroxyl groups excluding tert-OH is 1. The minimum absolute atomic E-state index is 0.0148. The largest absolute Gasteiger partial charge is 0.390 e. The topological polar surface area (TPSA) is 99.0 Å². The molecule has 0 bridgehead atoms. The second kappa shape index (κ2) is 7.15. The zero-order chi connectivity index (χ0) is 12.6. The van der Waals surface area contributed by atoms with Crippen LogP contribution in [0.3, 0.4) is 0 Å². The molecule has 1 unspecified atom stereocenters. The van der Waals surface area contributed by atoms with E-state index in [1.165, 1.54) is 6.20 Å². The van der Waals surface area contributed by atoms with Crippen LogP contribution in [0.4, 0.5) is 0 Å². The van der Waals surface area contributed by atoms with Gasteiger partial charge in [-0.3, -0.25) is 9.55 Å². The van der Waals surface area contributed by atoms with Gasteiger partial charge in [0.15, 0.2) is 0 Å². The number of aliphatic hydroxyl groups is 1. The van der Waals surface area contributed by atoms with E-state index in [1.54, 1.807) is 19.1 Å². The highest BCUT2D eigenvalue weighted by Gasteiger charge is 2.13. The Hall–Kier alpha value is -1.18. The van der Waals surface area contributed by atoms with E-state index in [2.05, 4.69) is 17.0 Å². The molecule has 1 atom stereocenters. The first-order chi connectivity index (χ1) is 7.39. The van der Waals surface area contributed by atoms with E-state index in [9.17, 15) is 13.5 Å². The number of nitrogens with one attached hydrogen (secondary N) is 1. The van der Waals surface area contributed by atoms with Crippen LogP contribution >= 0.6 is 0 Å². The molecule has 0 rings (SSSR count). The van der Waals surface area contributed by atoms with Crippen molar-refractivity contribution in [2.24, 2.45) is 4.99 Å². The summed E-state index contributed by atoms with van der Waals surface area (Å²) in [6, 6.07) is 0. The summed E-state index contributed by atoms with van der Waals surface area (Å²) < 4.78 is 29.4. The van der Waals surface area contributed by atoms with Gasteiger partial charge in [0.1, 0.15) is 5.75 Å². The van der Waals surface area contributed by atoms with E-state index >= 15 is 0 Å². The van der Waals surface area contributed by atoms with Gasteiger partial charge in [-0.2, -0.15) is 8.42 Å². The van der Waals surface area contributed by atoms with Gasteiger partial charge in [-0.15, -0.1) is 0 Å². The van der Waals surface area contributed by atoms with Crippen LogP contribution in [0.15, 0.2) is 29.0 Å². The van der Waals surface area contributed by atoms with Crippen LogP contribution < -0.4 is 5.32 Å². The fourth-order valence-corrected chi connectivity index (χ4v) is 1.53. The third-order valence-corrected chi connectivity index (χ3v) is 2.42. The Balaban J connectivity index is 4.13. The summed E-state index contributed by atoms with van der Waals surface area (Å²) in [4.78, 5) is 3.50. The summed E-state index contributed by atoms with van der Waals surface area (Å²) in [6.07, 6.45) is 3.63. The molecule has 0 spiro atoms. The maximum atomic E-state index is 10.4. The Labute approximate surface area is 95.1 Å². The van der Waals surface area contributed by atoms with Crippen molar-refractivity contribution in [1.82, 2.24) is 5.32 Å². The van der Waals surface area contributed by atoms with Gasteiger partial charge in [0, 0.05) is 18.4 Å². The molecule has 0 fully saturated rings. The van der Waals surface area contributed by atoms with Crippen molar-refractivity contribution >= 4 is 16.8 Å². The Morgan fingerprint density at radius 1 is 1.62 bits per heavy atom. The minimum atomic E-state index is -4.15. The number of hydrogen-bond donors (Lipinski definition) is 3. The molecular formula is C9H16N2O4S. The molecule has 0 aromatic heterocycles. The highest BCUT2D eigenvalue weighted by molar-refractivity contribution is 7.85. The smallest absolute Gasteiger partial charge is 0.267 e.